The van der Waals surface area contributed by atoms with Gasteiger partial charge in [-0.15, -0.1) is 0 Å². The number of aromatic nitrogens is 2. The van der Waals surface area contributed by atoms with E-state index >= 15 is 0 Å². The summed E-state index contributed by atoms with van der Waals surface area (Å²) in [4.78, 5) is 34.9. The zero-order chi connectivity index (χ0) is 26.7. The highest BCUT2D eigenvalue weighted by Gasteiger charge is 2.46. The Labute approximate surface area is 216 Å². The zero-order valence-electron chi connectivity index (χ0n) is 22.0. The first-order valence-electron chi connectivity index (χ1n) is 12.5. The minimum atomic E-state index is -0.786. The third-order valence-electron chi connectivity index (χ3n) is 6.36. The van der Waals surface area contributed by atoms with Gasteiger partial charge in [-0.1, -0.05) is 12.1 Å². The molecule has 1 aliphatic heterocycles. The van der Waals surface area contributed by atoms with Crippen molar-refractivity contribution in [2.24, 2.45) is 0 Å². The van der Waals surface area contributed by atoms with Gasteiger partial charge in [0.05, 0.1) is 30.5 Å². The van der Waals surface area contributed by atoms with Crippen molar-refractivity contribution in [1.82, 2.24) is 19.2 Å². The van der Waals surface area contributed by atoms with Gasteiger partial charge in [0.25, 0.3) is 11.7 Å². The number of likely N-dealkylation sites (tertiary alicyclic amines) is 1. The fraction of sp³-hybridized carbons (Fsp3) is 0.393. The summed E-state index contributed by atoms with van der Waals surface area (Å²) < 4.78 is 13.3. The Balaban J connectivity index is 1.90. The van der Waals surface area contributed by atoms with Crippen LogP contribution in [0.3, 0.4) is 0 Å². The molecule has 0 aliphatic carbocycles. The van der Waals surface area contributed by atoms with Crippen molar-refractivity contribution in [1.29, 1.82) is 0 Å². The predicted molar refractivity (Wildman–Crippen MR) is 141 cm³/mol. The number of amides is 1. The molecule has 9 heteroatoms. The number of aryl methyl sites for hydroxylation is 1. The molecule has 0 saturated carbocycles. The summed E-state index contributed by atoms with van der Waals surface area (Å²) in [6.07, 6.45) is 2.44. The van der Waals surface area contributed by atoms with Gasteiger partial charge < -0.3 is 24.4 Å². The Morgan fingerprint density at radius 3 is 2.51 bits per heavy atom. The smallest absolute Gasteiger partial charge is 0.295 e. The number of ketones is 1. The molecule has 1 saturated heterocycles. The van der Waals surface area contributed by atoms with Gasteiger partial charge in [-0.3, -0.25) is 14.0 Å². The summed E-state index contributed by atoms with van der Waals surface area (Å²) in [7, 11) is 3.92. The number of nitrogens with zero attached hydrogens (tertiary/aromatic N) is 4. The second kappa shape index (κ2) is 11.0. The molecule has 0 bridgehead atoms. The van der Waals surface area contributed by atoms with Crippen LogP contribution in [0.25, 0.3) is 11.4 Å². The van der Waals surface area contributed by atoms with Crippen LogP contribution in [0.1, 0.15) is 43.3 Å². The van der Waals surface area contributed by atoms with E-state index in [-0.39, 0.29) is 11.3 Å². The Hall–Kier alpha value is -3.85. The van der Waals surface area contributed by atoms with Crippen molar-refractivity contribution < 1.29 is 24.2 Å². The van der Waals surface area contributed by atoms with Gasteiger partial charge >= 0.3 is 0 Å². The Bertz CT molecular complexity index is 1340. The summed E-state index contributed by atoms with van der Waals surface area (Å²) in [6.45, 7) is 7.53. The first-order valence-corrected chi connectivity index (χ1v) is 12.5. The number of carbonyl (C=O) groups excluding carboxylic acids is 2. The molecule has 0 radical (unpaired) electrons. The average Bonchev–Trinajstić information content (AvgIpc) is 3.33. The molecular weight excluding hydrogens is 472 g/mol. The number of benzene rings is 1. The molecule has 37 heavy (non-hydrogen) atoms. The highest BCUT2D eigenvalue weighted by atomic mass is 16.5. The maximum absolute atomic E-state index is 13.5. The topological polar surface area (TPSA) is 96.6 Å². The number of imidazole rings is 1. The van der Waals surface area contributed by atoms with Gasteiger partial charge in [0.2, 0.25) is 0 Å². The molecule has 1 unspecified atom stereocenters. The first kappa shape index (κ1) is 26.2. The van der Waals surface area contributed by atoms with E-state index < -0.39 is 17.7 Å². The number of carbonyl (C=O) groups is 2. The highest BCUT2D eigenvalue weighted by Crippen LogP contribution is 2.42. The van der Waals surface area contributed by atoms with Crippen LogP contribution in [-0.2, 0) is 9.59 Å². The maximum atomic E-state index is 13.5. The molecular formula is C28H34N4O5. The minimum absolute atomic E-state index is 0.0372. The quantitative estimate of drug-likeness (QED) is 0.254. The zero-order valence-corrected chi connectivity index (χ0v) is 22.0. The van der Waals surface area contributed by atoms with Gasteiger partial charge in [-0.25, -0.2) is 4.98 Å². The lowest BCUT2D eigenvalue weighted by Gasteiger charge is -2.26. The number of hydrogen-bond donors (Lipinski definition) is 1. The van der Waals surface area contributed by atoms with Gasteiger partial charge in [-0.2, -0.15) is 0 Å². The molecule has 4 rings (SSSR count). The third kappa shape index (κ3) is 5.04. The number of aliphatic hydroxyl groups is 1. The SMILES string of the molecule is CCOc1ccc(C2C(=C(O)c3c(C)nc4ccccn34)C(=O)C(=O)N2CCCN(C)C)cc1OCC. The lowest BCUT2D eigenvalue weighted by Crippen LogP contribution is -2.32. The van der Waals surface area contributed by atoms with Gasteiger partial charge in [0, 0.05) is 12.7 Å². The molecule has 9 nitrogen and oxygen atoms in total. The lowest BCUT2D eigenvalue weighted by atomic mass is 9.95. The number of fused-ring (bicyclic) bond motifs is 1. The fourth-order valence-corrected chi connectivity index (χ4v) is 4.78. The van der Waals surface area contributed by atoms with Gasteiger partial charge in [0.15, 0.2) is 17.3 Å². The summed E-state index contributed by atoms with van der Waals surface area (Å²) in [5, 5.41) is 11.6. The van der Waals surface area contributed by atoms with E-state index in [1.165, 1.54) is 0 Å². The summed E-state index contributed by atoms with van der Waals surface area (Å²) in [5.41, 5.74) is 2.28. The van der Waals surface area contributed by atoms with E-state index in [2.05, 4.69) is 4.98 Å². The molecule has 2 aromatic heterocycles. The summed E-state index contributed by atoms with van der Waals surface area (Å²) >= 11 is 0. The van der Waals surface area contributed by atoms with E-state index in [1.54, 1.807) is 34.6 Å². The monoisotopic (exact) mass is 506 g/mol. The minimum Gasteiger partial charge on any atom is -0.505 e. The largest absolute Gasteiger partial charge is 0.505 e. The van der Waals surface area contributed by atoms with E-state index in [4.69, 9.17) is 9.47 Å². The van der Waals surface area contributed by atoms with Crippen LogP contribution < -0.4 is 9.47 Å². The number of pyridine rings is 1. The lowest BCUT2D eigenvalue weighted by molar-refractivity contribution is -0.139. The summed E-state index contributed by atoms with van der Waals surface area (Å²) in [6, 6.07) is 10.1. The van der Waals surface area contributed by atoms with Crippen molar-refractivity contribution >= 4 is 23.1 Å². The van der Waals surface area contributed by atoms with Gasteiger partial charge in [0.1, 0.15) is 11.3 Å². The molecule has 196 valence electrons. The van der Waals surface area contributed by atoms with Gasteiger partial charge in [-0.05, 0) is 77.7 Å². The molecule has 1 aromatic carbocycles. The molecule has 3 aromatic rings. The van der Waals surface area contributed by atoms with Crippen molar-refractivity contribution in [3.63, 3.8) is 0 Å². The molecule has 1 aliphatic rings. The normalized spacial score (nSPS) is 17.2. The van der Waals surface area contributed by atoms with Crippen molar-refractivity contribution in [2.75, 3.05) is 40.4 Å². The van der Waals surface area contributed by atoms with Crippen LogP contribution in [-0.4, -0.2) is 76.4 Å². The molecule has 1 amide bonds. The third-order valence-corrected chi connectivity index (χ3v) is 6.36. The predicted octanol–water partition coefficient (Wildman–Crippen LogP) is 3.81. The molecule has 0 spiro atoms. The Morgan fingerprint density at radius 2 is 1.81 bits per heavy atom. The number of rotatable bonds is 10. The van der Waals surface area contributed by atoms with E-state index in [1.807, 2.05) is 57.1 Å². The number of aliphatic hydroxyl groups excluding tert-OH is 1. The summed E-state index contributed by atoms with van der Waals surface area (Å²) in [5.74, 6) is -0.503. The number of hydrogen-bond acceptors (Lipinski definition) is 7. The standard InChI is InChI=1S/C28H34N4O5/c1-6-36-20-13-12-19(17-21(20)37-7-2)25-23(27(34)28(35)32(25)16-10-14-30(4)5)26(33)24-18(3)29-22-11-8-9-15-31(22)24/h8-9,11-13,15,17,25,33H,6-7,10,14,16H2,1-5H3. The maximum Gasteiger partial charge on any atom is 0.295 e. The van der Waals surface area contributed by atoms with Crippen molar-refractivity contribution in [3.8, 4) is 11.5 Å². The first-order chi connectivity index (χ1) is 17.8. The molecule has 3 heterocycles. The molecule has 1 fully saturated rings. The second-order valence-corrected chi connectivity index (χ2v) is 9.20. The van der Waals surface area contributed by atoms with Crippen LogP contribution in [0.15, 0.2) is 48.2 Å². The Morgan fingerprint density at radius 1 is 1.08 bits per heavy atom. The van der Waals surface area contributed by atoms with Crippen LogP contribution >= 0.6 is 0 Å². The van der Waals surface area contributed by atoms with Crippen LogP contribution in [0.5, 0.6) is 11.5 Å². The van der Waals surface area contributed by atoms with Crippen LogP contribution in [0.4, 0.5) is 0 Å². The van der Waals surface area contributed by atoms with Crippen LogP contribution in [0.2, 0.25) is 0 Å². The fourth-order valence-electron chi connectivity index (χ4n) is 4.78. The average molecular weight is 507 g/mol. The number of Topliss-reactive ketones (excluding diaryl/α,β-unsaturated/α-hetero) is 1. The van der Waals surface area contributed by atoms with Crippen molar-refractivity contribution in [2.45, 2.75) is 33.2 Å². The number of ether oxygens (including phenoxy) is 2. The second-order valence-electron chi connectivity index (χ2n) is 9.20. The Kier molecular flexibility index (Phi) is 7.83. The highest BCUT2D eigenvalue weighted by molar-refractivity contribution is 6.46. The van der Waals surface area contributed by atoms with E-state index in [9.17, 15) is 14.7 Å². The van der Waals surface area contributed by atoms with Crippen molar-refractivity contribution in [3.05, 3.63) is 65.1 Å². The van der Waals surface area contributed by atoms with E-state index in [0.717, 1.165) is 6.54 Å². The van der Waals surface area contributed by atoms with Crippen LogP contribution in [0, 0.1) is 6.92 Å². The molecule has 1 atom stereocenters. The molecule has 1 N–H and O–H groups in total. The van der Waals surface area contributed by atoms with E-state index in [0.29, 0.717) is 60.3 Å².